The number of hydrogen-bond donors (Lipinski definition) is 2. The summed E-state index contributed by atoms with van der Waals surface area (Å²) in [5.41, 5.74) is 0. The van der Waals surface area contributed by atoms with Crippen molar-refractivity contribution in [3.05, 3.63) is 18.4 Å². The van der Waals surface area contributed by atoms with Gasteiger partial charge in [0.25, 0.3) is 11.1 Å². The van der Waals surface area contributed by atoms with Crippen molar-refractivity contribution < 1.29 is 18.4 Å². The van der Waals surface area contributed by atoms with E-state index < -0.39 is 0 Å². The number of amides is 2. The predicted octanol–water partition coefficient (Wildman–Crippen LogP) is 0.674. The molecule has 0 unspecified atom stereocenters. The van der Waals surface area contributed by atoms with E-state index in [2.05, 4.69) is 20.8 Å². The minimum absolute atomic E-state index is 0.0469. The van der Waals surface area contributed by atoms with Gasteiger partial charge in [-0.15, -0.1) is 10.2 Å². The smallest absolute Gasteiger partial charge is 0.284 e. The summed E-state index contributed by atoms with van der Waals surface area (Å²) in [7, 11) is 0. The van der Waals surface area contributed by atoms with E-state index >= 15 is 0 Å². The SMILES string of the molecule is CCNC(=O)CNC(=O)CSc1nnc(-c2ccco2)o1. The van der Waals surface area contributed by atoms with Crippen molar-refractivity contribution in [1.82, 2.24) is 20.8 Å². The van der Waals surface area contributed by atoms with Gasteiger partial charge in [-0.25, -0.2) is 0 Å². The van der Waals surface area contributed by atoms with Crippen LogP contribution >= 0.6 is 11.8 Å². The first kappa shape index (κ1) is 15.1. The second-order valence-corrected chi connectivity index (χ2v) is 4.80. The Labute approximate surface area is 124 Å². The molecule has 0 spiro atoms. The van der Waals surface area contributed by atoms with Gasteiger partial charge in [-0.05, 0) is 19.1 Å². The summed E-state index contributed by atoms with van der Waals surface area (Å²) in [5, 5.41) is 12.9. The van der Waals surface area contributed by atoms with E-state index in [9.17, 15) is 9.59 Å². The summed E-state index contributed by atoms with van der Waals surface area (Å²) in [6.07, 6.45) is 1.50. The lowest BCUT2D eigenvalue weighted by Gasteiger charge is -2.03. The summed E-state index contributed by atoms with van der Waals surface area (Å²) in [4.78, 5) is 22.7. The van der Waals surface area contributed by atoms with Crippen molar-refractivity contribution in [2.75, 3.05) is 18.8 Å². The Balaban J connectivity index is 1.75. The van der Waals surface area contributed by atoms with Crippen molar-refractivity contribution in [2.45, 2.75) is 12.1 Å². The topological polar surface area (TPSA) is 110 Å². The van der Waals surface area contributed by atoms with Gasteiger partial charge in [0, 0.05) is 6.54 Å². The maximum absolute atomic E-state index is 11.5. The molecule has 9 heteroatoms. The molecule has 2 aromatic rings. The second-order valence-electron chi connectivity index (χ2n) is 3.87. The molecule has 2 aromatic heterocycles. The number of thioether (sulfide) groups is 1. The molecular formula is C12H14N4O4S. The van der Waals surface area contributed by atoms with Crippen LogP contribution in [0.3, 0.4) is 0 Å². The van der Waals surface area contributed by atoms with E-state index in [1.54, 1.807) is 12.1 Å². The Kier molecular flexibility index (Phi) is 5.38. The van der Waals surface area contributed by atoms with Crippen LogP contribution in [-0.2, 0) is 9.59 Å². The van der Waals surface area contributed by atoms with Crippen molar-refractivity contribution in [3.63, 3.8) is 0 Å². The van der Waals surface area contributed by atoms with Crippen molar-refractivity contribution in [3.8, 4) is 11.7 Å². The van der Waals surface area contributed by atoms with Crippen LogP contribution in [0.25, 0.3) is 11.7 Å². The van der Waals surface area contributed by atoms with E-state index in [-0.39, 0.29) is 35.2 Å². The Bertz CT molecular complexity index is 596. The third kappa shape index (κ3) is 4.63. The number of hydrogen-bond acceptors (Lipinski definition) is 7. The molecule has 0 radical (unpaired) electrons. The van der Waals surface area contributed by atoms with E-state index in [4.69, 9.17) is 8.83 Å². The standard InChI is InChI=1S/C12H14N4O4S/c1-2-13-9(17)6-14-10(18)7-21-12-16-15-11(20-12)8-4-3-5-19-8/h3-5H,2,6-7H2,1H3,(H,13,17)(H,14,18). The number of furan rings is 1. The maximum atomic E-state index is 11.5. The molecule has 0 saturated heterocycles. The number of rotatable bonds is 7. The molecule has 8 nitrogen and oxygen atoms in total. The number of likely N-dealkylation sites (N-methyl/N-ethyl adjacent to an activating group) is 1. The average molecular weight is 310 g/mol. The lowest BCUT2D eigenvalue weighted by atomic mass is 10.5. The molecule has 0 fully saturated rings. The van der Waals surface area contributed by atoms with Gasteiger partial charge in [0.2, 0.25) is 11.8 Å². The fourth-order valence-electron chi connectivity index (χ4n) is 1.38. The van der Waals surface area contributed by atoms with Crippen LogP contribution in [0.4, 0.5) is 0 Å². The summed E-state index contributed by atoms with van der Waals surface area (Å²) in [6.45, 7) is 2.29. The predicted molar refractivity (Wildman–Crippen MR) is 74.4 cm³/mol. The largest absolute Gasteiger partial charge is 0.459 e. The fraction of sp³-hybridized carbons (Fsp3) is 0.333. The molecule has 0 aromatic carbocycles. The average Bonchev–Trinajstić information content (AvgIpc) is 3.13. The van der Waals surface area contributed by atoms with Gasteiger partial charge in [-0.3, -0.25) is 9.59 Å². The zero-order chi connectivity index (χ0) is 15.1. The quantitative estimate of drug-likeness (QED) is 0.723. The summed E-state index contributed by atoms with van der Waals surface area (Å²) in [5.74, 6) is 0.289. The van der Waals surface area contributed by atoms with Crippen LogP contribution in [0, 0.1) is 0 Å². The first-order valence-corrected chi connectivity index (χ1v) is 7.21. The third-order valence-corrected chi connectivity index (χ3v) is 3.10. The summed E-state index contributed by atoms with van der Waals surface area (Å²) >= 11 is 1.09. The Hall–Kier alpha value is -2.29. The van der Waals surface area contributed by atoms with E-state index in [1.807, 2.05) is 6.92 Å². The van der Waals surface area contributed by atoms with Gasteiger partial charge in [0.05, 0.1) is 18.6 Å². The number of carbonyl (C=O) groups excluding carboxylic acids is 2. The zero-order valence-corrected chi connectivity index (χ0v) is 12.1. The van der Waals surface area contributed by atoms with Gasteiger partial charge in [-0.1, -0.05) is 11.8 Å². The lowest BCUT2D eigenvalue weighted by molar-refractivity contribution is -0.124. The fourth-order valence-corrected chi connectivity index (χ4v) is 1.98. The first-order chi connectivity index (χ1) is 10.2. The highest BCUT2D eigenvalue weighted by atomic mass is 32.2. The molecule has 0 bridgehead atoms. The van der Waals surface area contributed by atoms with E-state index in [0.29, 0.717) is 12.3 Å². The molecule has 2 N–H and O–H groups in total. The number of carbonyl (C=O) groups is 2. The van der Waals surface area contributed by atoms with Crippen LogP contribution in [0.1, 0.15) is 6.92 Å². The number of nitrogens with zero attached hydrogens (tertiary/aromatic N) is 2. The molecule has 2 amide bonds. The van der Waals surface area contributed by atoms with Crippen LogP contribution in [0.5, 0.6) is 0 Å². The number of aromatic nitrogens is 2. The molecule has 0 atom stereocenters. The monoisotopic (exact) mass is 310 g/mol. The maximum Gasteiger partial charge on any atom is 0.284 e. The zero-order valence-electron chi connectivity index (χ0n) is 11.3. The summed E-state index contributed by atoms with van der Waals surface area (Å²) in [6, 6.07) is 3.40. The van der Waals surface area contributed by atoms with Gasteiger partial charge >= 0.3 is 0 Å². The first-order valence-electron chi connectivity index (χ1n) is 6.22. The summed E-state index contributed by atoms with van der Waals surface area (Å²) < 4.78 is 10.4. The minimum Gasteiger partial charge on any atom is -0.459 e. The normalized spacial score (nSPS) is 10.3. The van der Waals surface area contributed by atoms with Crippen LogP contribution < -0.4 is 10.6 Å². The van der Waals surface area contributed by atoms with Crippen LogP contribution in [-0.4, -0.2) is 40.9 Å². The molecule has 0 aliphatic rings. The molecule has 0 saturated carbocycles. The Morgan fingerprint density at radius 1 is 1.29 bits per heavy atom. The molecule has 2 rings (SSSR count). The van der Waals surface area contributed by atoms with Gasteiger partial charge < -0.3 is 19.5 Å². The Morgan fingerprint density at radius 3 is 2.86 bits per heavy atom. The van der Waals surface area contributed by atoms with Crippen LogP contribution in [0.15, 0.2) is 32.5 Å². The molecule has 2 heterocycles. The molecule has 0 aliphatic carbocycles. The molecule has 112 valence electrons. The molecule has 0 aliphatic heterocycles. The number of nitrogens with one attached hydrogen (secondary N) is 2. The van der Waals surface area contributed by atoms with Gasteiger partial charge in [0.15, 0.2) is 5.76 Å². The minimum atomic E-state index is -0.288. The van der Waals surface area contributed by atoms with Crippen molar-refractivity contribution in [1.29, 1.82) is 0 Å². The Morgan fingerprint density at radius 2 is 2.14 bits per heavy atom. The highest BCUT2D eigenvalue weighted by Crippen LogP contribution is 2.22. The van der Waals surface area contributed by atoms with Gasteiger partial charge in [-0.2, -0.15) is 0 Å². The molecular weight excluding hydrogens is 296 g/mol. The van der Waals surface area contributed by atoms with Crippen LogP contribution in [0.2, 0.25) is 0 Å². The highest BCUT2D eigenvalue weighted by molar-refractivity contribution is 7.99. The van der Waals surface area contributed by atoms with E-state index in [1.165, 1.54) is 6.26 Å². The van der Waals surface area contributed by atoms with Crippen molar-refractivity contribution >= 4 is 23.6 Å². The van der Waals surface area contributed by atoms with Gasteiger partial charge in [0.1, 0.15) is 0 Å². The third-order valence-electron chi connectivity index (χ3n) is 2.29. The molecule has 21 heavy (non-hydrogen) atoms. The van der Waals surface area contributed by atoms with Crippen molar-refractivity contribution in [2.24, 2.45) is 0 Å². The van der Waals surface area contributed by atoms with E-state index in [0.717, 1.165) is 11.8 Å². The lowest BCUT2D eigenvalue weighted by Crippen LogP contribution is -2.37. The highest BCUT2D eigenvalue weighted by Gasteiger charge is 2.13. The second kappa shape index (κ2) is 7.48.